The first-order valence-corrected chi connectivity index (χ1v) is 9.05. The zero-order valence-electron chi connectivity index (χ0n) is 15.2. The second kappa shape index (κ2) is 9.56. The third-order valence-electron chi connectivity index (χ3n) is 4.48. The van der Waals surface area contributed by atoms with E-state index in [9.17, 15) is 17.6 Å². The highest BCUT2D eigenvalue weighted by atomic mass is 19.2. The van der Waals surface area contributed by atoms with Crippen molar-refractivity contribution in [2.45, 2.75) is 52.4 Å². The van der Waals surface area contributed by atoms with Gasteiger partial charge in [-0.15, -0.1) is 0 Å². The van der Waals surface area contributed by atoms with E-state index in [4.69, 9.17) is 0 Å². The quantitative estimate of drug-likeness (QED) is 0.258. The molecule has 2 aromatic carbocycles. The molecule has 0 saturated carbocycles. The van der Waals surface area contributed by atoms with Gasteiger partial charge in [0, 0.05) is 5.56 Å². The van der Waals surface area contributed by atoms with Crippen LogP contribution in [-0.4, -0.2) is 0 Å². The molecule has 0 unspecified atom stereocenters. The second-order valence-electron chi connectivity index (χ2n) is 6.55. The summed E-state index contributed by atoms with van der Waals surface area (Å²) in [5, 5.41) is 0. The molecule has 26 heavy (non-hydrogen) atoms. The lowest BCUT2D eigenvalue weighted by atomic mass is 10.0. The van der Waals surface area contributed by atoms with Crippen LogP contribution in [0.1, 0.15) is 61.3 Å². The van der Waals surface area contributed by atoms with Crippen LogP contribution in [0.4, 0.5) is 17.6 Å². The van der Waals surface area contributed by atoms with E-state index in [0.717, 1.165) is 30.9 Å². The minimum Gasteiger partial charge on any atom is -0.203 e. The van der Waals surface area contributed by atoms with Gasteiger partial charge in [-0.3, -0.25) is 0 Å². The van der Waals surface area contributed by atoms with Crippen molar-refractivity contribution in [2.24, 2.45) is 0 Å². The Morgan fingerprint density at radius 1 is 0.769 bits per heavy atom. The molecule has 4 heteroatoms. The third kappa shape index (κ3) is 4.96. The van der Waals surface area contributed by atoms with Crippen LogP contribution in [0.15, 0.2) is 36.4 Å². The summed E-state index contributed by atoms with van der Waals surface area (Å²) in [6, 6.07) is 8.70. The molecule has 2 rings (SSSR count). The van der Waals surface area contributed by atoms with Crippen LogP contribution in [-0.2, 0) is 6.42 Å². The summed E-state index contributed by atoms with van der Waals surface area (Å²) in [7, 11) is 0. The number of hydrogen-bond donors (Lipinski definition) is 0. The number of aryl methyl sites for hydroxylation is 2. The molecule has 0 atom stereocenters. The predicted octanol–water partition coefficient (Wildman–Crippen LogP) is 7.55. The van der Waals surface area contributed by atoms with Crippen LogP contribution < -0.4 is 0 Å². The van der Waals surface area contributed by atoms with Gasteiger partial charge in [-0.1, -0.05) is 62.9 Å². The zero-order valence-corrected chi connectivity index (χ0v) is 15.2. The Labute approximate surface area is 152 Å². The molecular weight excluding hydrogens is 340 g/mol. The summed E-state index contributed by atoms with van der Waals surface area (Å²) in [4.78, 5) is 0. The number of unbranched alkanes of at least 4 members (excludes halogenated alkanes) is 4. The zero-order chi connectivity index (χ0) is 19.1. The van der Waals surface area contributed by atoms with Crippen molar-refractivity contribution in [1.82, 2.24) is 0 Å². The van der Waals surface area contributed by atoms with E-state index >= 15 is 0 Å². The van der Waals surface area contributed by atoms with Crippen molar-refractivity contribution in [3.05, 3.63) is 70.3 Å². The van der Waals surface area contributed by atoms with Gasteiger partial charge in [0.15, 0.2) is 23.3 Å². The Hall–Kier alpha value is -2.10. The van der Waals surface area contributed by atoms with Crippen LogP contribution in [0.3, 0.4) is 0 Å². The fourth-order valence-electron chi connectivity index (χ4n) is 2.81. The molecule has 0 amide bonds. The van der Waals surface area contributed by atoms with Crippen LogP contribution in [0.25, 0.3) is 11.7 Å². The molecule has 0 fully saturated rings. The molecule has 0 radical (unpaired) electrons. The number of benzene rings is 2. The lowest BCUT2D eigenvalue weighted by molar-refractivity contribution is 0.497. The lowest BCUT2D eigenvalue weighted by Gasteiger charge is -2.07. The first kappa shape index (κ1) is 20.2. The second-order valence-corrected chi connectivity index (χ2v) is 6.55. The molecule has 0 bridgehead atoms. The van der Waals surface area contributed by atoms with Gasteiger partial charge < -0.3 is 0 Å². The molecule has 140 valence electrons. The Balaban J connectivity index is 2.12. The van der Waals surface area contributed by atoms with Crippen LogP contribution >= 0.6 is 0 Å². The van der Waals surface area contributed by atoms with E-state index in [1.165, 1.54) is 44.4 Å². The molecule has 0 nitrogen and oxygen atoms in total. The van der Waals surface area contributed by atoms with Gasteiger partial charge in [0.1, 0.15) is 0 Å². The Bertz CT molecular complexity index is 760. The minimum absolute atomic E-state index is 0.0117. The van der Waals surface area contributed by atoms with Gasteiger partial charge in [-0.2, -0.15) is 0 Å². The van der Waals surface area contributed by atoms with E-state index in [-0.39, 0.29) is 11.1 Å². The first-order chi connectivity index (χ1) is 12.5. The van der Waals surface area contributed by atoms with Gasteiger partial charge in [0.05, 0.1) is 5.56 Å². The molecular formula is C22H24F4. The normalized spacial score (nSPS) is 12.2. The maximum absolute atomic E-state index is 14.4. The smallest absolute Gasteiger partial charge is 0.169 e. The molecule has 0 saturated heterocycles. The van der Waals surface area contributed by atoms with Gasteiger partial charge >= 0.3 is 0 Å². The summed E-state index contributed by atoms with van der Waals surface area (Å²) in [5.41, 5.74) is 0.400. The topological polar surface area (TPSA) is 0 Å². The largest absolute Gasteiger partial charge is 0.203 e. The molecule has 0 aliphatic rings. The summed E-state index contributed by atoms with van der Waals surface area (Å²) in [6.45, 7) is 3.53. The highest BCUT2D eigenvalue weighted by Gasteiger charge is 2.19. The van der Waals surface area contributed by atoms with Crippen molar-refractivity contribution >= 4 is 11.7 Å². The van der Waals surface area contributed by atoms with Crippen LogP contribution in [0.2, 0.25) is 0 Å². The highest BCUT2D eigenvalue weighted by Crippen LogP contribution is 2.31. The molecule has 0 aliphatic heterocycles. The lowest BCUT2D eigenvalue weighted by Crippen LogP contribution is -1.96. The summed E-state index contributed by atoms with van der Waals surface area (Å²) in [6.07, 6.45) is 6.71. The maximum atomic E-state index is 14.4. The van der Waals surface area contributed by atoms with E-state index < -0.39 is 28.9 Å². The SMILES string of the molecule is CCCCCCCc1ccc(/C(F)=C(\F)c2ccc(C)c(F)c2F)cc1. The van der Waals surface area contributed by atoms with Crippen molar-refractivity contribution in [3.63, 3.8) is 0 Å². The fourth-order valence-corrected chi connectivity index (χ4v) is 2.81. The molecule has 0 aromatic heterocycles. The standard InChI is InChI=1S/C22H24F4/c1-3-4-5-6-7-8-16-10-12-17(13-11-16)20(24)22(26)18-14-9-15(2)19(23)21(18)25/h9-14H,3-8H2,1-2H3/b22-20+. The number of hydrogen-bond acceptors (Lipinski definition) is 0. The molecule has 0 heterocycles. The van der Waals surface area contributed by atoms with E-state index in [1.54, 1.807) is 12.1 Å². The van der Waals surface area contributed by atoms with Gasteiger partial charge in [-0.05, 0) is 37.0 Å². The van der Waals surface area contributed by atoms with Gasteiger partial charge in [-0.25, -0.2) is 17.6 Å². The summed E-state index contributed by atoms with van der Waals surface area (Å²) < 4.78 is 56.1. The van der Waals surface area contributed by atoms with E-state index in [0.29, 0.717) is 0 Å². The maximum Gasteiger partial charge on any atom is 0.169 e. The predicted molar refractivity (Wildman–Crippen MR) is 99.0 cm³/mol. The summed E-state index contributed by atoms with van der Waals surface area (Å²) in [5.74, 6) is -5.12. The van der Waals surface area contributed by atoms with Gasteiger partial charge in [0.25, 0.3) is 0 Å². The third-order valence-corrected chi connectivity index (χ3v) is 4.48. The van der Waals surface area contributed by atoms with Crippen molar-refractivity contribution in [2.75, 3.05) is 0 Å². The number of rotatable bonds is 8. The summed E-state index contributed by atoms with van der Waals surface area (Å²) >= 11 is 0. The monoisotopic (exact) mass is 364 g/mol. The fraction of sp³-hybridized carbons (Fsp3) is 0.364. The molecule has 0 N–H and O–H groups in total. The van der Waals surface area contributed by atoms with Crippen LogP contribution in [0, 0.1) is 18.6 Å². The van der Waals surface area contributed by atoms with E-state index in [2.05, 4.69) is 6.92 Å². The van der Waals surface area contributed by atoms with Crippen molar-refractivity contribution in [3.8, 4) is 0 Å². The Morgan fingerprint density at radius 2 is 1.42 bits per heavy atom. The average Bonchev–Trinajstić information content (AvgIpc) is 2.65. The van der Waals surface area contributed by atoms with Crippen molar-refractivity contribution in [1.29, 1.82) is 0 Å². The average molecular weight is 364 g/mol. The van der Waals surface area contributed by atoms with Gasteiger partial charge in [0.2, 0.25) is 0 Å². The Morgan fingerprint density at radius 3 is 2.08 bits per heavy atom. The molecule has 0 aliphatic carbocycles. The highest BCUT2D eigenvalue weighted by molar-refractivity contribution is 5.83. The minimum atomic E-state index is -1.39. The number of halogens is 4. The van der Waals surface area contributed by atoms with E-state index in [1.807, 2.05) is 0 Å². The Kier molecular flexibility index (Phi) is 7.43. The first-order valence-electron chi connectivity index (χ1n) is 9.05. The molecule has 2 aromatic rings. The van der Waals surface area contributed by atoms with Crippen molar-refractivity contribution < 1.29 is 17.6 Å². The van der Waals surface area contributed by atoms with Crippen LogP contribution in [0.5, 0.6) is 0 Å². The molecule has 0 spiro atoms.